The highest BCUT2D eigenvalue weighted by atomic mass is 19.1. The molecule has 3 rings (SSSR count). The first-order valence-corrected chi connectivity index (χ1v) is 7.65. The first-order valence-electron chi connectivity index (χ1n) is 7.65. The largest absolute Gasteiger partial charge is 0.490 e. The van der Waals surface area contributed by atoms with Crippen LogP contribution in [0.4, 0.5) is 10.1 Å². The Morgan fingerprint density at radius 1 is 1.04 bits per heavy atom. The Morgan fingerprint density at radius 3 is 2.57 bits per heavy atom. The Bertz CT molecular complexity index is 685. The van der Waals surface area contributed by atoms with Crippen LogP contribution in [0.2, 0.25) is 0 Å². The van der Waals surface area contributed by atoms with Crippen molar-refractivity contribution in [2.24, 2.45) is 0 Å². The van der Waals surface area contributed by atoms with E-state index in [0.29, 0.717) is 43.2 Å². The lowest BCUT2D eigenvalue weighted by atomic mass is 10.1. The molecule has 0 unspecified atom stereocenters. The van der Waals surface area contributed by atoms with Crippen molar-refractivity contribution in [1.82, 2.24) is 0 Å². The fourth-order valence-corrected chi connectivity index (χ4v) is 2.37. The van der Waals surface area contributed by atoms with E-state index in [-0.39, 0.29) is 11.7 Å². The smallest absolute Gasteiger partial charge is 0.224 e. The summed E-state index contributed by atoms with van der Waals surface area (Å²) in [4.78, 5) is 12.0. The number of anilines is 1. The second kappa shape index (κ2) is 7.13. The molecule has 1 heterocycles. The maximum absolute atomic E-state index is 12.8. The van der Waals surface area contributed by atoms with Crippen LogP contribution in [0.5, 0.6) is 11.5 Å². The van der Waals surface area contributed by atoms with Crippen molar-refractivity contribution in [1.29, 1.82) is 0 Å². The highest BCUT2D eigenvalue weighted by Crippen LogP contribution is 2.32. The Labute approximate surface area is 134 Å². The molecule has 5 heteroatoms. The third kappa shape index (κ3) is 4.22. The van der Waals surface area contributed by atoms with Crippen LogP contribution >= 0.6 is 0 Å². The predicted molar refractivity (Wildman–Crippen MR) is 85.4 cm³/mol. The molecule has 0 aromatic heterocycles. The van der Waals surface area contributed by atoms with Gasteiger partial charge in [-0.05, 0) is 36.2 Å². The summed E-state index contributed by atoms with van der Waals surface area (Å²) in [5, 5.41) is 2.85. The van der Waals surface area contributed by atoms with Crippen LogP contribution in [0.3, 0.4) is 0 Å². The predicted octanol–water partition coefficient (Wildman–Crippen LogP) is 3.56. The van der Waals surface area contributed by atoms with E-state index in [1.54, 1.807) is 30.3 Å². The van der Waals surface area contributed by atoms with Crippen molar-refractivity contribution in [3.8, 4) is 11.5 Å². The fraction of sp³-hybridized carbons (Fsp3) is 0.278. The highest BCUT2D eigenvalue weighted by molar-refractivity contribution is 5.91. The van der Waals surface area contributed by atoms with E-state index >= 15 is 0 Å². The lowest BCUT2D eigenvalue weighted by Crippen LogP contribution is -2.12. The molecule has 0 bridgehead atoms. The Hall–Kier alpha value is -2.56. The van der Waals surface area contributed by atoms with E-state index in [4.69, 9.17) is 9.47 Å². The van der Waals surface area contributed by atoms with Crippen LogP contribution in [-0.4, -0.2) is 19.1 Å². The van der Waals surface area contributed by atoms with Crippen molar-refractivity contribution in [2.45, 2.75) is 19.3 Å². The lowest BCUT2D eigenvalue weighted by molar-refractivity contribution is -0.116. The minimum Gasteiger partial charge on any atom is -0.490 e. The SMILES string of the molecule is O=C(CCc1ccc(F)cc1)Nc1ccc2c(c1)OCCCO2. The molecule has 2 aromatic carbocycles. The summed E-state index contributed by atoms with van der Waals surface area (Å²) in [7, 11) is 0. The average molecular weight is 315 g/mol. The number of fused-ring (bicyclic) bond motifs is 1. The highest BCUT2D eigenvalue weighted by Gasteiger charge is 2.12. The molecular formula is C18H18FNO3. The zero-order valence-electron chi connectivity index (χ0n) is 12.7. The number of hydrogen-bond acceptors (Lipinski definition) is 3. The van der Waals surface area contributed by atoms with E-state index in [1.807, 2.05) is 0 Å². The molecule has 1 N–H and O–H groups in total. The number of aryl methyl sites for hydroxylation is 1. The summed E-state index contributed by atoms with van der Waals surface area (Å²) in [6, 6.07) is 11.6. The fourth-order valence-electron chi connectivity index (χ4n) is 2.37. The molecule has 23 heavy (non-hydrogen) atoms. The molecule has 1 aliphatic heterocycles. The third-order valence-electron chi connectivity index (χ3n) is 3.59. The van der Waals surface area contributed by atoms with Gasteiger partial charge in [0.05, 0.1) is 13.2 Å². The van der Waals surface area contributed by atoms with E-state index in [1.165, 1.54) is 12.1 Å². The first kappa shape index (κ1) is 15.3. The van der Waals surface area contributed by atoms with Crippen LogP contribution in [0, 0.1) is 5.82 Å². The van der Waals surface area contributed by atoms with Crippen molar-refractivity contribution in [3.63, 3.8) is 0 Å². The van der Waals surface area contributed by atoms with E-state index in [2.05, 4.69) is 5.32 Å². The zero-order chi connectivity index (χ0) is 16.1. The first-order chi connectivity index (χ1) is 11.2. The second-order valence-electron chi connectivity index (χ2n) is 5.39. The molecule has 0 radical (unpaired) electrons. The molecule has 120 valence electrons. The Kier molecular flexibility index (Phi) is 4.76. The number of carbonyl (C=O) groups is 1. The van der Waals surface area contributed by atoms with Gasteiger partial charge >= 0.3 is 0 Å². The monoisotopic (exact) mass is 315 g/mol. The van der Waals surface area contributed by atoms with E-state index < -0.39 is 0 Å². The minimum absolute atomic E-state index is 0.0937. The molecule has 1 amide bonds. The number of benzene rings is 2. The molecule has 1 aliphatic rings. The van der Waals surface area contributed by atoms with Gasteiger partial charge in [0, 0.05) is 24.6 Å². The minimum atomic E-state index is -0.273. The number of hydrogen-bond donors (Lipinski definition) is 1. The van der Waals surface area contributed by atoms with Gasteiger partial charge in [0.15, 0.2) is 11.5 Å². The van der Waals surface area contributed by atoms with Gasteiger partial charge in [-0.2, -0.15) is 0 Å². The van der Waals surface area contributed by atoms with Gasteiger partial charge in [-0.3, -0.25) is 4.79 Å². The number of halogens is 1. The molecule has 0 atom stereocenters. The van der Waals surface area contributed by atoms with Gasteiger partial charge in [0.2, 0.25) is 5.91 Å². The Morgan fingerprint density at radius 2 is 1.78 bits per heavy atom. The summed E-state index contributed by atoms with van der Waals surface area (Å²) in [5.41, 5.74) is 1.61. The number of nitrogens with one attached hydrogen (secondary N) is 1. The van der Waals surface area contributed by atoms with E-state index in [0.717, 1.165) is 12.0 Å². The summed E-state index contributed by atoms with van der Waals surface area (Å²) >= 11 is 0. The molecular weight excluding hydrogens is 297 g/mol. The van der Waals surface area contributed by atoms with E-state index in [9.17, 15) is 9.18 Å². The van der Waals surface area contributed by atoms with Crippen molar-refractivity contribution >= 4 is 11.6 Å². The molecule has 0 spiro atoms. The molecule has 0 saturated heterocycles. The quantitative estimate of drug-likeness (QED) is 0.938. The van der Waals surface area contributed by atoms with Crippen molar-refractivity contribution < 1.29 is 18.7 Å². The standard InChI is InChI=1S/C18H18FNO3/c19-14-5-2-13(3-6-14)4-9-18(21)20-15-7-8-16-17(12-15)23-11-1-10-22-16/h2-3,5-8,12H,1,4,9-11H2,(H,20,21). The number of ether oxygens (including phenoxy) is 2. The lowest BCUT2D eigenvalue weighted by Gasteiger charge is -2.10. The van der Waals surface area contributed by atoms with Gasteiger partial charge in [0.1, 0.15) is 5.82 Å². The van der Waals surface area contributed by atoms with Crippen LogP contribution < -0.4 is 14.8 Å². The van der Waals surface area contributed by atoms with Gasteiger partial charge in [-0.15, -0.1) is 0 Å². The molecule has 2 aromatic rings. The van der Waals surface area contributed by atoms with Gasteiger partial charge in [0.25, 0.3) is 0 Å². The zero-order valence-corrected chi connectivity index (χ0v) is 12.7. The van der Waals surface area contributed by atoms with Gasteiger partial charge in [-0.1, -0.05) is 12.1 Å². The summed E-state index contributed by atoms with van der Waals surface area (Å²) in [5.74, 6) is 0.986. The normalized spacial score (nSPS) is 13.3. The summed E-state index contributed by atoms with van der Waals surface area (Å²) in [6.45, 7) is 1.24. The molecule has 0 aliphatic carbocycles. The maximum atomic E-state index is 12.8. The second-order valence-corrected chi connectivity index (χ2v) is 5.39. The molecule has 4 nitrogen and oxygen atoms in total. The number of carbonyl (C=O) groups excluding carboxylic acids is 1. The van der Waals surface area contributed by atoms with Crippen LogP contribution in [0.1, 0.15) is 18.4 Å². The van der Waals surface area contributed by atoms with Crippen molar-refractivity contribution in [3.05, 3.63) is 53.8 Å². The average Bonchev–Trinajstić information content (AvgIpc) is 2.79. The Balaban J connectivity index is 1.57. The maximum Gasteiger partial charge on any atom is 0.224 e. The van der Waals surface area contributed by atoms with Crippen LogP contribution in [0.15, 0.2) is 42.5 Å². The molecule has 0 saturated carbocycles. The van der Waals surface area contributed by atoms with Crippen LogP contribution in [-0.2, 0) is 11.2 Å². The number of amides is 1. The van der Waals surface area contributed by atoms with Gasteiger partial charge < -0.3 is 14.8 Å². The third-order valence-corrected chi connectivity index (χ3v) is 3.59. The summed E-state index contributed by atoms with van der Waals surface area (Å²) in [6.07, 6.45) is 1.74. The van der Waals surface area contributed by atoms with Gasteiger partial charge in [-0.25, -0.2) is 4.39 Å². The molecule has 0 fully saturated rings. The topological polar surface area (TPSA) is 47.6 Å². The summed E-state index contributed by atoms with van der Waals surface area (Å²) < 4.78 is 24.0. The number of rotatable bonds is 4. The van der Waals surface area contributed by atoms with Crippen molar-refractivity contribution in [2.75, 3.05) is 18.5 Å². The van der Waals surface area contributed by atoms with Crippen LogP contribution in [0.25, 0.3) is 0 Å².